The second-order valence-electron chi connectivity index (χ2n) is 8.54. The Hall–Kier alpha value is -4.59. The van der Waals surface area contributed by atoms with Gasteiger partial charge in [-0.3, -0.25) is 14.9 Å². The molecule has 3 heterocycles. The number of non-ortho nitro benzene ring substituents is 1. The van der Waals surface area contributed by atoms with Crippen molar-refractivity contribution >= 4 is 28.6 Å². The zero-order valence-electron chi connectivity index (χ0n) is 18.6. The lowest BCUT2D eigenvalue weighted by atomic mass is 9.92. The van der Waals surface area contributed by atoms with Gasteiger partial charge >= 0.3 is 0 Å². The summed E-state index contributed by atoms with van der Waals surface area (Å²) >= 11 is 0. The van der Waals surface area contributed by atoms with Crippen molar-refractivity contribution < 1.29 is 19.2 Å². The van der Waals surface area contributed by atoms with Gasteiger partial charge < -0.3 is 19.4 Å². The summed E-state index contributed by atoms with van der Waals surface area (Å²) in [5.74, 6) is 1.22. The van der Waals surface area contributed by atoms with Crippen LogP contribution in [0.2, 0.25) is 0 Å². The molecular weight excluding hydrogens is 446 g/mol. The summed E-state index contributed by atoms with van der Waals surface area (Å²) in [6.45, 7) is 0.735. The van der Waals surface area contributed by atoms with Crippen LogP contribution in [-0.4, -0.2) is 34.1 Å². The summed E-state index contributed by atoms with van der Waals surface area (Å²) in [7, 11) is 0. The Morgan fingerprint density at radius 2 is 1.86 bits per heavy atom. The first-order valence-electron chi connectivity index (χ1n) is 11.3. The minimum atomic E-state index is -0.444. The Bertz CT molecular complexity index is 1490. The highest BCUT2D eigenvalue weighted by atomic mass is 16.7. The van der Waals surface area contributed by atoms with E-state index in [0.29, 0.717) is 23.6 Å². The highest BCUT2D eigenvalue weighted by molar-refractivity contribution is 5.93. The summed E-state index contributed by atoms with van der Waals surface area (Å²) in [4.78, 5) is 29.3. The second kappa shape index (κ2) is 8.32. The summed E-state index contributed by atoms with van der Waals surface area (Å²) < 4.78 is 11.1. The highest BCUT2D eigenvalue weighted by Gasteiger charge is 2.34. The average molecular weight is 467 g/mol. The van der Waals surface area contributed by atoms with Crippen molar-refractivity contribution in [1.82, 2.24) is 9.88 Å². The van der Waals surface area contributed by atoms with Gasteiger partial charge in [0.05, 0.1) is 11.0 Å². The van der Waals surface area contributed by atoms with Gasteiger partial charge in [-0.05, 0) is 59.5 Å². The highest BCUT2D eigenvalue weighted by Crippen LogP contribution is 2.42. The van der Waals surface area contributed by atoms with Crippen LogP contribution in [0.15, 0.2) is 72.8 Å². The summed E-state index contributed by atoms with van der Waals surface area (Å²) in [6, 6.07) is 19.7. The van der Waals surface area contributed by atoms with Crippen LogP contribution in [0.4, 0.5) is 5.69 Å². The van der Waals surface area contributed by atoms with Gasteiger partial charge in [0.1, 0.15) is 0 Å². The number of carbonyl (C=O) groups excluding carboxylic acids is 1. The summed E-state index contributed by atoms with van der Waals surface area (Å²) in [5, 5.41) is 12.1. The Morgan fingerprint density at radius 1 is 1.06 bits per heavy atom. The number of fused-ring (bicyclic) bond motifs is 4. The van der Waals surface area contributed by atoms with Crippen molar-refractivity contribution in [3.8, 4) is 11.5 Å². The van der Waals surface area contributed by atoms with Crippen LogP contribution >= 0.6 is 0 Å². The number of carbonyl (C=O) groups is 1. The zero-order valence-corrected chi connectivity index (χ0v) is 18.6. The standard InChI is InChI=1S/C27H21N3O5/c31-25(12-7-17-5-9-19(10-6-17)30(32)33)29-14-13-21-20-3-1-2-4-22(20)28-26(21)27(29)18-8-11-23-24(15-18)35-16-34-23/h1-12,15,27-28H,13-14,16H2. The number of aromatic amines is 1. The second-order valence-corrected chi connectivity index (χ2v) is 8.54. The van der Waals surface area contributed by atoms with Gasteiger partial charge in [-0.1, -0.05) is 24.3 Å². The molecule has 1 N–H and O–H groups in total. The molecule has 0 aliphatic carbocycles. The first kappa shape index (κ1) is 21.0. The molecule has 35 heavy (non-hydrogen) atoms. The molecule has 1 amide bonds. The van der Waals surface area contributed by atoms with Crippen molar-refractivity contribution in [3.05, 3.63) is 105 Å². The third-order valence-electron chi connectivity index (χ3n) is 6.55. The molecule has 0 spiro atoms. The number of ether oxygens (including phenoxy) is 2. The van der Waals surface area contributed by atoms with E-state index in [9.17, 15) is 14.9 Å². The molecule has 1 unspecified atom stereocenters. The molecular formula is C27H21N3O5. The van der Waals surface area contributed by atoms with Crippen LogP contribution < -0.4 is 9.47 Å². The van der Waals surface area contributed by atoms with Crippen LogP contribution in [0.25, 0.3) is 17.0 Å². The lowest BCUT2D eigenvalue weighted by molar-refractivity contribution is -0.384. The Balaban J connectivity index is 1.38. The van der Waals surface area contributed by atoms with Gasteiger partial charge in [0.15, 0.2) is 11.5 Å². The maximum atomic E-state index is 13.5. The number of hydrogen-bond acceptors (Lipinski definition) is 5. The molecule has 0 bridgehead atoms. The van der Waals surface area contributed by atoms with Crippen molar-refractivity contribution in [3.63, 3.8) is 0 Å². The lowest BCUT2D eigenvalue weighted by Crippen LogP contribution is -2.39. The van der Waals surface area contributed by atoms with Crippen LogP contribution in [0.3, 0.4) is 0 Å². The summed E-state index contributed by atoms with van der Waals surface area (Å²) in [6.07, 6.45) is 3.94. The largest absolute Gasteiger partial charge is 0.454 e. The number of H-pyrrole nitrogens is 1. The van der Waals surface area contributed by atoms with E-state index < -0.39 is 4.92 Å². The molecule has 0 fully saturated rings. The first-order chi connectivity index (χ1) is 17.1. The molecule has 6 rings (SSSR count). The van der Waals surface area contributed by atoms with Gasteiger partial charge in [0, 0.05) is 41.4 Å². The molecule has 3 aromatic carbocycles. The Morgan fingerprint density at radius 3 is 2.69 bits per heavy atom. The summed E-state index contributed by atoms with van der Waals surface area (Å²) in [5.41, 5.74) is 4.91. The zero-order chi connectivity index (χ0) is 23.9. The lowest BCUT2D eigenvalue weighted by Gasteiger charge is -2.35. The molecule has 1 atom stereocenters. The molecule has 174 valence electrons. The van der Waals surface area contributed by atoms with E-state index in [2.05, 4.69) is 11.1 Å². The minimum Gasteiger partial charge on any atom is -0.454 e. The number of rotatable bonds is 4. The first-order valence-corrected chi connectivity index (χ1v) is 11.3. The van der Waals surface area contributed by atoms with Crippen molar-refractivity contribution in [2.45, 2.75) is 12.5 Å². The number of para-hydroxylation sites is 1. The fourth-order valence-corrected chi connectivity index (χ4v) is 4.88. The van der Waals surface area contributed by atoms with E-state index in [1.54, 1.807) is 18.2 Å². The van der Waals surface area contributed by atoms with Crippen LogP contribution in [0, 0.1) is 10.1 Å². The maximum absolute atomic E-state index is 13.5. The van der Waals surface area contributed by atoms with E-state index in [-0.39, 0.29) is 24.4 Å². The monoisotopic (exact) mass is 467 g/mol. The number of amides is 1. The van der Waals surface area contributed by atoms with Gasteiger partial charge in [-0.25, -0.2) is 0 Å². The topological polar surface area (TPSA) is 97.7 Å². The molecule has 0 saturated heterocycles. The fourth-order valence-electron chi connectivity index (χ4n) is 4.88. The van der Waals surface area contributed by atoms with Crippen LogP contribution in [0.5, 0.6) is 11.5 Å². The van der Waals surface area contributed by atoms with Gasteiger partial charge in [-0.15, -0.1) is 0 Å². The van der Waals surface area contributed by atoms with E-state index in [1.807, 2.05) is 41.3 Å². The van der Waals surface area contributed by atoms with Gasteiger partial charge in [-0.2, -0.15) is 0 Å². The smallest absolute Gasteiger partial charge is 0.269 e. The third kappa shape index (κ3) is 3.69. The molecule has 2 aliphatic rings. The molecule has 0 saturated carbocycles. The quantitative estimate of drug-likeness (QED) is 0.259. The normalized spacial score (nSPS) is 16.6. The van der Waals surface area contributed by atoms with Crippen LogP contribution in [-0.2, 0) is 11.2 Å². The number of benzene rings is 3. The molecule has 2 aliphatic heterocycles. The molecule has 8 heteroatoms. The number of nitro benzene ring substituents is 1. The van der Waals surface area contributed by atoms with Gasteiger partial charge in [0.25, 0.3) is 5.69 Å². The van der Waals surface area contributed by atoms with Crippen molar-refractivity contribution in [2.24, 2.45) is 0 Å². The Kier molecular flexibility index (Phi) is 4.99. The Labute approximate surface area is 200 Å². The number of nitrogens with zero attached hydrogens (tertiary/aromatic N) is 2. The van der Waals surface area contributed by atoms with Crippen molar-refractivity contribution in [2.75, 3.05) is 13.3 Å². The molecule has 0 radical (unpaired) electrons. The number of nitro groups is 1. The van der Waals surface area contributed by atoms with Gasteiger partial charge in [0.2, 0.25) is 12.7 Å². The molecule has 4 aromatic rings. The van der Waals surface area contributed by atoms with E-state index in [0.717, 1.165) is 23.2 Å². The average Bonchev–Trinajstić information content (AvgIpc) is 3.51. The minimum absolute atomic E-state index is 0.0127. The molecule has 1 aromatic heterocycles. The van der Waals surface area contributed by atoms with Crippen molar-refractivity contribution in [1.29, 1.82) is 0 Å². The number of aromatic nitrogens is 1. The predicted molar refractivity (Wildman–Crippen MR) is 130 cm³/mol. The maximum Gasteiger partial charge on any atom is 0.269 e. The molecule has 8 nitrogen and oxygen atoms in total. The number of nitrogens with one attached hydrogen (secondary N) is 1. The van der Waals surface area contributed by atoms with E-state index in [4.69, 9.17) is 9.47 Å². The van der Waals surface area contributed by atoms with Crippen LogP contribution in [0.1, 0.15) is 28.4 Å². The third-order valence-corrected chi connectivity index (χ3v) is 6.55. The van der Waals surface area contributed by atoms with E-state index in [1.165, 1.54) is 29.2 Å². The predicted octanol–water partition coefficient (Wildman–Crippen LogP) is 4.99. The number of hydrogen-bond donors (Lipinski definition) is 1. The SMILES string of the molecule is O=C(C=Cc1ccc([N+](=O)[O-])cc1)N1CCc2c([nH]c3ccccc23)C1c1ccc2c(c1)OCO2. The van der Waals surface area contributed by atoms with E-state index >= 15 is 0 Å². The fraction of sp³-hybridized carbons (Fsp3) is 0.148.